The van der Waals surface area contributed by atoms with Crippen LogP contribution in [0, 0.1) is 11.8 Å². The molecule has 0 saturated heterocycles. The van der Waals surface area contributed by atoms with E-state index in [1.54, 1.807) is 0 Å². The minimum absolute atomic E-state index is 0.291. The first-order chi connectivity index (χ1) is 9.28. The van der Waals surface area contributed by atoms with Gasteiger partial charge < -0.3 is 9.84 Å². The van der Waals surface area contributed by atoms with E-state index in [2.05, 4.69) is 13.0 Å². The molecule has 2 heteroatoms. The van der Waals surface area contributed by atoms with Crippen molar-refractivity contribution in [1.29, 1.82) is 0 Å². The second kappa shape index (κ2) is 5.54. The van der Waals surface area contributed by atoms with Gasteiger partial charge in [-0.2, -0.15) is 0 Å². The first kappa shape index (κ1) is 13.0. The molecule has 1 heterocycles. The molecular formula is C17H24O2. The SMILES string of the molecule is CCC1CCCC(C(O)c2ccc3c(c2)CCO3)C1. The molecule has 1 aromatic rings. The fourth-order valence-corrected chi connectivity index (χ4v) is 3.65. The predicted molar refractivity (Wildman–Crippen MR) is 76.3 cm³/mol. The van der Waals surface area contributed by atoms with Gasteiger partial charge in [-0.25, -0.2) is 0 Å². The summed E-state index contributed by atoms with van der Waals surface area (Å²) in [5.41, 5.74) is 2.35. The van der Waals surface area contributed by atoms with E-state index in [9.17, 15) is 5.11 Å². The summed E-state index contributed by atoms with van der Waals surface area (Å²) < 4.78 is 5.53. The van der Waals surface area contributed by atoms with Gasteiger partial charge in [0.1, 0.15) is 5.75 Å². The van der Waals surface area contributed by atoms with Crippen LogP contribution in [0.2, 0.25) is 0 Å². The number of aliphatic hydroxyl groups excluding tert-OH is 1. The summed E-state index contributed by atoms with van der Waals surface area (Å²) >= 11 is 0. The standard InChI is InChI=1S/C17H24O2/c1-2-12-4-3-5-14(10-12)17(18)15-6-7-16-13(11-15)8-9-19-16/h6-7,11-12,14,17-18H,2-5,8-10H2,1H3. The van der Waals surface area contributed by atoms with E-state index in [0.717, 1.165) is 30.3 Å². The van der Waals surface area contributed by atoms with Gasteiger partial charge in [-0.05, 0) is 47.9 Å². The second-order valence-electron chi connectivity index (χ2n) is 6.11. The Morgan fingerprint density at radius 2 is 2.26 bits per heavy atom. The highest BCUT2D eigenvalue weighted by atomic mass is 16.5. The smallest absolute Gasteiger partial charge is 0.122 e. The maximum absolute atomic E-state index is 10.6. The molecule has 3 unspecified atom stereocenters. The zero-order valence-corrected chi connectivity index (χ0v) is 11.8. The first-order valence-electron chi connectivity index (χ1n) is 7.71. The number of benzene rings is 1. The summed E-state index contributed by atoms with van der Waals surface area (Å²) in [5, 5.41) is 10.6. The van der Waals surface area contributed by atoms with Crippen LogP contribution in [0.1, 0.15) is 56.3 Å². The Balaban J connectivity index is 1.74. The average Bonchev–Trinajstić information content (AvgIpc) is 2.94. The molecule has 0 radical (unpaired) electrons. The summed E-state index contributed by atoms with van der Waals surface area (Å²) in [4.78, 5) is 0. The first-order valence-corrected chi connectivity index (χ1v) is 7.71. The van der Waals surface area contributed by atoms with E-state index in [-0.39, 0.29) is 6.10 Å². The molecule has 1 N–H and O–H groups in total. The average molecular weight is 260 g/mol. The van der Waals surface area contributed by atoms with Crippen LogP contribution in [0.25, 0.3) is 0 Å². The van der Waals surface area contributed by atoms with Crippen molar-refractivity contribution in [1.82, 2.24) is 0 Å². The Kier molecular flexibility index (Phi) is 3.79. The highest BCUT2D eigenvalue weighted by molar-refractivity contribution is 5.40. The van der Waals surface area contributed by atoms with Crippen LogP contribution in [0.3, 0.4) is 0 Å². The molecule has 2 aliphatic rings. The van der Waals surface area contributed by atoms with Crippen molar-refractivity contribution in [2.75, 3.05) is 6.61 Å². The third kappa shape index (κ3) is 2.64. The van der Waals surface area contributed by atoms with Gasteiger partial charge in [0.15, 0.2) is 0 Å². The fourth-order valence-electron chi connectivity index (χ4n) is 3.65. The Morgan fingerprint density at radius 1 is 1.37 bits per heavy atom. The molecule has 104 valence electrons. The molecule has 1 saturated carbocycles. The maximum atomic E-state index is 10.6. The van der Waals surface area contributed by atoms with Gasteiger partial charge in [0, 0.05) is 6.42 Å². The van der Waals surface area contributed by atoms with Crippen LogP contribution < -0.4 is 4.74 Å². The van der Waals surface area contributed by atoms with Crippen molar-refractivity contribution in [3.05, 3.63) is 29.3 Å². The molecule has 0 spiro atoms. The topological polar surface area (TPSA) is 29.5 Å². The molecule has 3 rings (SSSR count). The van der Waals surface area contributed by atoms with Gasteiger partial charge in [-0.3, -0.25) is 0 Å². The maximum Gasteiger partial charge on any atom is 0.122 e. The number of fused-ring (bicyclic) bond motifs is 1. The highest BCUT2D eigenvalue weighted by Gasteiger charge is 2.28. The molecule has 1 aliphatic heterocycles. The summed E-state index contributed by atoms with van der Waals surface area (Å²) in [6.07, 6.45) is 6.92. The van der Waals surface area contributed by atoms with E-state index in [4.69, 9.17) is 4.74 Å². The van der Waals surface area contributed by atoms with Crippen molar-refractivity contribution in [3.63, 3.8) is 0 Å². The highest BCUT2D eigenvalue weighted by Crippen LogP contribution is 2.39. The van der Waals surface area contributed by atoms with Crippen LogP contribution >= 0.6 is 0 Å². The van der Waals surface area contributed by atoms with E-state index in [0.29, 0.717) is 5.92 Å². The molecule has 0 bridgehead atoms. The van der Waals surface area contributed by atoms with Crippen LogP contribution in [0.15, 0.2) is 18.2 Å². The summed E-state index contributed by atoms with van der Waals surface area (Å²) in [6.45, 7) is 3.06. The third-order valence-corrected chi connectivity index (χ3v) is 4.90. The lowest BCUT2D eigenvalue weighted by Crippen LogP contribution is -2.21. The number of ether oxygens (including phenoxy) is 1. The monoisotopic (exact) mass is 260 g/mol. The molecule has 2 nitrogen and oxygen atoms in total. The van der Waals surface area contributed by atoms with Gasteiger partial charge >= 0.3 is 0 Å². The fraction of sp³-hybridized carbons (Fsp3) is 0.647. The zero-order valence-electron chi connectivity index (χ0n) is 11.8. The van der Waals surface area contributed by atoms with Crippen LogP contribution in [-0.2, 0) is 6.42 Å². The Bertz CT molecular complexity index is 441. The van der Waals surface area contributed by atoms with Gasteiger partial charge in [0.05, 0.1) is 12.7 Å². The molecule has 3 atom stereocenters. The largest absolute Gasteiger partial charge is 0.493 e. The Labute approximate surface area is 115 Å². The molecular weight excluding hydrogens is 236 g/mol. The predicted octanol–water partition coefficient (Wildman–Crippen LogP) is 3.87. The van der Waals surface area contributed by atoms with Crippen LogP contribution in [0.4, 0.5) is 0 Å². The summed E-state index contributed by atoms with van der Waals surface area (Å²) in [7, 11) is 0. The number of hydrogen-bond donors (Lipinski definition) is 1. The van der Waals surface area contributed by atoms with Gasteiger partial charge in [-0.1, -0.05) is 32.3 Å². The van der Waals surface area contributed by atoms with Crippen molar-refractivity contribution >= 4 is 0 Å². The van der Waals surface area contributed by atoms with E-state index >= 15 is 0 Å². The lowest BCUT2D eigenvalue weighted by atomic mass is 9.76. The molecule has 0 amide bonds. The van der Waals surface area contributed by atoms with E-state index < -0.39 is 0 Å². The van der Waals surface area contributed by atoms with Crippen molar-refractivity contribution in [2.45, 2.75) is 51.6 Å². The quantitative estimate of drug-likeness (QED) is 0.894. The van der Waals surface area contributed by atoms with Gasteiger partial charge in [0.25, 0.3) is 0 Å². The lowest BCUT2D eigenvalue weighted by molar-refractivity contribution is 0.0677. The molecule has 19 heavy (non-hydrogen) atoms. The normalized spacial score (nSPS) is 27.7. The van der Waals surface area contributed by atoms with Crippen molar-refractivity contribution in [2.24, 2.45) is 11.8 Å². The van der Waals surface area contributed by atoms with Gasteiger partial charge in [-0.15, -0.1) is 0 Å². The van der Waals surface area contributed by atoms with E-state index in [1.807, 2.05) is 12.1 Å². The second-order valence-corrected chi connectivity index (χ2v) is 6.11. The minimum Gasteiger partial charge on any atom is -0.493 e. The summed E-state index contributed by atoms with van der Waals surface area (Å²) in [5.74, 6) is 2.26. The lowest BCUT2D eigenvalue weighted by Gasteiger charge is -2.32. The van der Waals surface area contributed by atoms with Crippen molar-refractivity contribution < 1.29 is 9.84 Å². The number of aliphatic hydroxyl groups is 1. The molecule has 1 fully saturated rings. The van der Waals surface area contributed by atoms with Crippen LogP contribution in [-0.4, -0.2) is 11.7 Å². The summed E-state index contributed by atoms with van der Waals surface area (Å²) in [6, 6.07) is 6.23. The zero-order chi connectivity index (χ0) is 13.2. The number of hydrogen-bond acceptors (Lipinski definition) is 2. The van der Waals surface area contributed by atoms with Crippen molar-refractivity contribution in [3.8, 4) is 5.75 Å². The Hall–Kier alpha value is -1.02. The Morgan fingerprint density at radius 3 is 3.11 bits per heavy atom. The molecule has 1 aromatic carbocycles. The third-order valence-electron chi connectivity index (χ3n) is 4.90. The molecule has 1 aliphatic carbocycles. The minimum atomic E-state index is -0.291. The van der Waals surface area contributed by atoms with Gasteiger partial charge in [0.2, 0.25) is 0 Å². The van der Waals surface area contributed by atoms with Crippen LogP contribution in [0.5, 0.6) is 5.75 Å². The van der Waals surface area contributed by atoms with E-state index in [1.165, 1.54) is 37.7 Å². The molecule has 0 aromatic heterocycles. The number of rotatable bonds is 3.